The standard InChI is InChI=1S/C8H14N2O3/c1-2-6(11)10-5-13-8(3-4-8)7(9)12/h2-5H2,1H3,(H2,9,12)(H,10,11). The molecule has 3 N–H and O–H groups in total. The van der Waals surface area contributed by atoms with Crippen LogP contribution in [0.25, 0.3) is 0 Å². The van der Waals surface area contributed by atoms with Crippen LogP contribution in [0.4, 0.5) is 0 Å². The summed E-state index contributed by atoms with van der Waals surface area (Å²) in [5.41, 5.74) is 4.31. The van der Waals surface area contributed by atoms with E-state index in [1.165, 1.54) is 0 Å². The van der Waals surface area contributed by atoms with Crippen LogP contribution < -0.4 is 11.1 Å². The highest BCUT2D eigenvalue weighted by Crippen LogP contribution is 2.38. The molecule has 0 heterocycles. The normalized spacial score (nSPS) is 17.9. The van der Waals surface area contributed by atoms with E-state index < -0.39 is 11.5 Å². The Hall–Kier alpha value is -1.10. The van der Waals surface area contributed by atoms with Crippen molar-refractivity contribution in [3.05, 3.63) is 0 Å². The monoisotopic (exact) mass is 186 g/mol. The summed E-state index contributed by atoms with van der Waals surface area (Å²) in [4.78, 5) is 21.6. The first-order valence-electron chi connectivity index (χ1n) is 4.31. The fourth-order valence-corrected chi connectivity index (χ4v) is 0.955. The Bertz CT molecular complexity index is 223. The second-order valence-corrected chi connectivity index (χ2v) is 3.10. The Labute approximate surface area is 76.6 Å². The first-order valence-corrected chi connectivity index (χ1v) is 4.31. The van der Waals surface area contributed by atoms with Crippen molar-refractivity contribution in [3.8, 4) is 0 Å². The predicted molar refractivity (Wildman–Crippen MR) is 45.5 cm³/mol. The van der Waals surface area contributed by atoms with E-state index in [1.54, 1.807) is 6.92 Å². The van der Waals surface area contributed by atoms with E-state index in [9.17, 15) is 9.59 Å². The van der Waals surface area contributed by atoms with Crippen molar-refractivity contribution in [2.75, 3.05) is 6.73 Å². The SMILES string of the molecule is CCC(=O)NCOC1(C(N)=O)CC1. The summed E-state index contributed by atoms with van der Waals surface area (Å²) in [6.07, 6.45) is 1.72. The molecule has 0 aromatic rings. The zero-order valence-electron chi connectivity index (χ0n) is 7.63. The maximum absolute atomic E-state index is 10.8. The summed E-state index contributed by atoms with van der Waals surface area (Å²) in [7, 11) is 0. The lowest BCUT2D eigenvalue weighted by atomic mass is 10.3. The highest BCUT2D eigenvalue weighted by atomic mass is 16.5. The van der Waals surface area contributed by atoms with E-state index in [2.05, 4.69) is 5.32 Å². The average Bonchev–Trinajstić information content (AvgIpc) is 2.85. The van der Waals surface area contributed by atoms with Gasteiger partial charge in [-0.15, -0.1) is 0 Å². The van der Waals surface area contributed by atoms with E-state index in [4.69, 9.17) is 10.5 Å². The molecule has 1 aliphatic rings. The number of rotatable bonds is 5. The smallest absolute Gasteiger partial charge is 0.249 e. The van der Waals surface area contributed by atoms with Crippen LogP contribution in [-0.2, 0) is 14.3 Å². The van der Waals surface area contributed by atoms with E-state index in [-0.39, 0.29) is 12.6 Å². The second kappa shape index (κ2) is 3.74. The zero-order valence-corrected chi connectivity index (χ0v) is 7.63. The van der Waals surface area contributed by atoms with Gasteiger partial charge in [-0.05, 0) is 12.8 Å². The lowest BCUT2D eigenvalue weighted by Crippen LogP contribution is -2.37. The molecule has 1 saturated carbocycles. The van der Waals surface area contributed by atoms with Gasteiger partial charge < -0.3 is 15.8 Å². The van der Waals surface area contributed by atoms with Crippen LogP contribution in [0.1, 0.15) is 26.2 Å². The van der Waals surface area contributed by atoms with E-state index in [0.29, 0.717) is 19.3 Å². The van der Waals surface area contributed by atoms with E-state index >= 15 is 0 Å². The number of nitrogens with one attached hydrogen (secondary N) is 1. The van der Waals surface area contributed by atoms with Crippen LogP contribution in [0.15, 0.2) is 0 Å². The van der Waals surface area contributed by atoms with Gasteiger partial charge >= 0.3 is 0 Å². The highest BCUT2D eigenvalue weighted by molar-refractivity contribution is 5.86. The molecule has 74 valence electrons. The van der Waals surface area contributed by atoms with E-state index in [1.807, 2.05) is 0 Å². The number of hydrogen-bond acceptors (Lipinski definition) is 3. The summed E-state index contributed by atoms with van der Waals surface area (Å²) in [5.74, 6) is -0.543. The Morgan fingerprint density at radius 3 is 2.54 bits per heavy atom. The van der Waals surface area contributed by atoms with Crippen molar-refractivity contribution in [2.24, 2.45) is 5.73 Å². The fourth-order valence-electron chi connectivity index (χ4n) is 0.955. The minimum atomic E-state index is -0.791. The molecule has 1 rings (SSSR count). The molecule has 0 spiro atoms. The van der Waals surface area contributed by atoms with Crippen molar-refractivity contribution < 1.29 is 14.3 Å². The zero-order chi connectivity index (χ0) is 9.90. The number of primary amides is 1. The van der Waals surface area contributed by atoms with Crippen LogP contribution in [-0.4, -0.2) is 24.1 Å². The van der Waals surface area contributed by atoms with Gasteiger partial charge in [0.1, 0.15) is 12.3 Å². The third-order valence-electron chi connectivity index (χ3n) is 2.09. The molecule has 0 bridgehead atoms. The molecule has 5 heteroatoms. The van der Waals surface area contributed by atoms with Crippen molar-refractivity contribution in [3.63, 3.8) is 0 Å². The van der Waals surface area contributed by atoms with Gasteiger partial charge in [-0.1, -0.05) is 6.92 Å². The van der Waals surface area contributed by atoms with Gasteiger partial charge in [0.25, 0.3) is 0 Å². The summed E-state index contributed by atoms with van der Waals surface area (Å²) in [6, 6.07) is 0. The van der Waals surface area contributed by atoms with Crippen LogP contribution in [0.2, 0.25) is 0 Å². The van der Waals surface area contributed by atoms with Crippen molar-refractivity contribution >= 4 is 11.8 Å². The van der Waals surface area contributed by atoms with Gasteiger partial charge in [-0.2, -0.15) is 0 Å². The van der Waals surface area contributed by atoms with Gasteiger partial charge in [-0.3, -0.25) is 9.59 Å². The molecule has 0 radical (unpaired) electrons. The number of carbonyl (C=O) groups is 2. The lowest BCUT2D eigenvalue weighted by molar-refractivity contribution is -0.135. The molecule has 1 aliphatic carbocycles. The van der Waals surface area contributed by atoms with Crippen molar-refractivity contribution in [2.45, 2.75) is 31.8 Å². The van der Waals surface area contributed by atoms with Crippen LogP contribution in [0.5, 0.6) is 0 Å². The minimum Gasteiger partial charge on any atom is -0.367 e. The molecular formula is C8H14N2O3. The molecule has 0 atom stereocenters. The fraction of sp³-hybridized carbons (Fsp3) is 0.750. The maximum Gasteiger partial charge on any atom is 0.249 e. The molecule has 2 amide bonds. The van der Waals surface area contributed by atoms with Gasteiger partial charge in [0.05, 0.1) is 0 Å². The molecular weight excluding hydrogens is 172 g/mol. The molecule has 0 unspecified atom stereocenters. The third kappa shape index (κ3) is 2.42. The quantitative estimate of drug-likeness (QED) is 0.568. The summed E-state index contributed by atoms with van der Waals surface area (Å²) < 4.78 is 5.17. The number of ether oxygens (including phenoxy) is 1. The van der Waals surface area contributed by atoms with Crippen molar-refractivity contribution in [1.29, 1.82) is 0 Å². The first kappa shape index (κ1) is 9.98. The number of nitrogens with two attached hydrogens (primary N) is 1. The average molecular weight is 186 g/mol. The van der Waals surface area contributed by atoms with E-state index in [0.717, 1.165) is 0 Å². The molecule has 0 aromatic carbocycles. The summed E-state index contributed by atoms with van der Waals surface area (Å²) >= 11 is 0. The van der Waals surface area contributed by atoms with Gasteiger partial charge in [0.15, 0.2) is 0 Å². The topological polar surface area (TPSA) is 81.4 Å². The Morgan fingerprint density at radius 1 is 1.54 bits per heavy atom. The Morgan fingerprint density at radius 2 is 2.15 bits per heavy atom. The Kier molecular flexibility index (Phi) is 2.87. The first-order chi connectivity index (χ1) is 6.10. The summed E-state index contributed by atoms with van der Waals surface area (Å²) in [6.45, 7) is 1.81. The lowest BCUT2D eigenvalue weighted by Gasteiger charge is -2.12. The maximum atomic E-state index is 10.8. The molecule has 0 saturated heterocycles. The highest BCUT2D eigenvalue weighted by Gasteiger charge is 2.50. The number of carbonyl (C=O) groups excluding carboxylic acids is 2. The third-order valence-corrected chi connectivity index (χ3v) is 2.09. The van der Waals surface area contributed by atoms with Crippen LogP contribution in [0, 0.1) is 0 Å². The molecule has 1 fully saturated rings. The minimum absolute atomic E-state index is 0.0651. The van der Waals surface area contributed by atoms with Crippen LogP contribution in [0.3, 0.4) is 0 Å². The Balaban J connectivity index is 2.20. The molecule has 13 heavy (non-hydrogen) atoms. The van der Waals surface area contributed by atoms with Crippen LogP contribution >= 0.6 is 0 Å². The number of hydrogen-bond donors (Lipinski definition) is 2. The van der Waals surface area contributed by atoms with Crippen molar-refractivity contribution in [1.82, 2.24) is 5.32 Å². The van der Waals surface area contributed by atoms with Gasteiger partial charge in [0.2, 0.25) is 11.8 Å². The molecule has 0 aromatic heterocycles. The van der Waals surface area contributed by atoms with Gasteiger partial charge in [0, 0.05) is 6.42 Å². The molecule has 0 aliphatic heterocycles. The predicted octanol–water partition coefficient (Wildman–Crippen LogP) is -0.495. The molecule has 5 nitrogen and oxygen atoms in total. The largest absolute Gasteiger partial charge is 0.367 e. The second-order valence-electron chi connectivity index (χ2n) is 3.10. The summed E-state index contributed by atoms with van der Waals surface area (Å²) in [5, 5.41) is 2.51. The van der Waals surface area contributed by atoms with Gasteiger partial charge in [-0.25, -0.2) is 0 Å². The number of amides is 2.